The first-order valence-electron chi connectivity index (χ1n) is 5.43. The minimum atomic E-state index is -1.46. The van der Waals surface area contributed by atoms with Crippen molar-refractivity contribution in [1.29, 1.82) is 0 Å². The topological polar surface area (TPSA) is 36.0 Å². The van der Waals surface area contributed by atoms with Gasteiger partial charge < -0.3 is 10.1 Å². The number of hydrogen-bond acceptors (Lipinski definition) is 1. The molecule has 0 amide bonds. The van der Waals surface area contributed by atoms with Gasteiger partial charge in [-0.1, -0.05) is 0 Å². The molecular formula is C12H10F3NO. The Kier molecular flexibility index (Phi) is 2.19. The number of aromatic amines is 1. The third-order valence-electron chi connectivity index (χ3n) is 3.28. The van der Waals surface area contributed by atoms with Gasteiger partial charge >= 0.3 is 0 Å². The molecule has 1 aliphatic carbocycles. The van der Waals surface area contributed by atoms with Gasteiger partial charge in [0.1, 0.15) is 0 Å². The summed E-state index contributed by atoms with van der Waals surface area (Å²) in [5.74, 6) is -3.83. The predicted molar refractivity (Wildman–Crippen MR) is 56.2 cm³/mol. The second-order valence-electron chi connectivity index (χ2n) is 4.39. The molecule has 1 aliphatic rings. The Bertz CT molecular complexity index is 606. The van der Waals surface area contributed by atoms with Crippen molar-refractivity contribution >= 4 is 10.9 Å². The molecule has 1 unspecified atom stereocenters. The van der Waals surface area contributed by atoms with Crippen molar-refractivity contribution in [1.82, 2.24) is 4.98 Å². The molecule has 1 aromatic heterocycles. The van der Waals surface area contributed by atoms with Gasteiger partial charge in [-0.15, -0.1) is 0 Å². The molecule has 0 saturated heterocycles. The van der Waals surface area contributed by atoms with E-state index in [4.69, 9.17) is 0 Å². The lowest BCUT2D eigenvalue weighted by Crippen LogP contribution is -2.18. The molecule has 3 rings (SSSR count). The average molecular weight is 241 g/mol. The van der Waals surface area contributed by atoms with E-state index in [2.05, 4.69) is 4.98 Å². The lowest BCUT2D eigenvalue weighted by atomic mass is 9.93. The Hall–Kier alpha value is -1.49. The molecule has 0 spiro atoms. The van der Waals surface area contributed by atoms with E-state index >= 15 is 0 Å². The lowest BCUT2D eigenvalue weighted by Gasteiger charge is -2.17. The van der Waals surface area contributed by atoms with Crippen LogP contribution in [0, 0.1) is 17.5 Å². The standard InChI is InChI=1S/C12H10F3NO/c13-7-4-9-10(12(15)11(7)14)6-3-5(17)1-2-8(6)16-9/h4-5,16-17H,1-3H2. The van der Waals surface area contributed by atoms with Gasteiger partial charge in [-0.2, -0.15) is 0 Å². The van der Waals surface area contributed by atoms with Crippen LogP contribution in [-0.4, -0.2) is 16.2 Å². The highest BCUT2D eigenvalue weighted by molar-refractivity contribution is 5.86. The third kappa shape index (κ3) is 1.45. The van der Waals surface area contributed by atoms with Crippen molar-refractivity contribution in [2.45, 2.75) is 25.4 Å². The lowest BCUT2D eigenvalue weighted by molar-refractivity contribution is 0.158. The fourth-order valence-electron chi connectivity index (χ4n) is 2.46. The van der Waals surface area contributed by atoms with Crippen LogP contribution >= 0.6 is 0 Å². The van der Waals surface area contributed by atoms with Crippen LogP contribution in [0.5, 0.6) is 0 Å². The molecule has 2 aromatic rings. The van der Waals surface area contributed by atoms with E-state index in [1.807, 2.05) is 0 Å². The highest BCUT2D eigenvalue weighted by atomic mass is 19.2. The zero-order valence-corrected chi connectivity index (χ0v) is 8.86. The van der Waals surface area contributed by atoms with Gasteiger partial charge in [-0.25, -0.2) is 13.2 Å². The summed E-state index contributed by atoms with van der Waals surface area (Å²) in [6, 6.07) is 0.957. The zero-order chi connectivity index (χ0) is 12.2. The van der Waals surface area contributed by atoms with Gasteiger partial charge in [-0.3, -0.25) is 0 Å². The number of hydrogen-bond donors (Lipinski definition) is 2. The van der Waals surface area contributed by atoms with Crippen molar-refractivity contribution in [2.24, 2.45) is 0 Å². The summed E-state index contributed by atoms with van der Waals surface area (Å²) < 4.78 is 39.9. The van der Waals surface area contributed by atoms with Crippen molar-refractivity contribution in [3.63, 3.8) is 0 Å². The summed E-state index contributed by atoms with van der Waals surface area (Å²) in [6.07, 6.45) is 0.867. The molecule has 1 heterocycles. The van der Waals surface area contributed by atoms with Gasteiger partial charge in [0.05, 0.1) is 11.6 Å². The van der Waals surface area contributed by atoms with Gasteiger partial charge in [0, 0.05) is 23.6 Å². The Morgan fingerprint density at radius 2 is 2.00 bits per heavy atom. The number of benzene rings is 1. The van der Waals surface area contributed by atoms with Gasteiger partial charge in [0.15, 0.2) is 17.5 Å². The summed E-state index contributed by atoms with van der Waals surface area (Å²) in [5, 5.41) is 9.61. The second kappa shape index (κ2) is 3.50. The Labute approximate surface area is 95.1 Å². The monoisotopic (exact) mass is 241 g/mol. The van der Waals surface area contributed by atoms with Crippen molar-refractivity contribution in [3.05, 3.63) is 34.8 Å². The number of halogens is 3. The first kappa shape index (κ1) is 10.7. The summed E-state index contributed by atoms with van der Waals surface area (Å²) in [4.78, 5) is 2.89. The summed E-state index contributed by atoms with van der Waals surface area (Å²) in [7, 11) is 0. The van der Waals surface area contributed by atoms with Crippen LogP contribution in [-0.2, 0) is 12.8 Å². The average Bonchev–Trinajstić information content (AvgIpc) is 2.63. The number of aliphatic hydroxyl groups excluding tert-OH is 1. The Morgan fingerprint density at radius 1 is 1.24 bits per heavy atom. The number of rotatable bonds is 0. The maximum atomic E-state index is 13.7. The fourth-order valence-corrected chi connectivity index (χ4v) is 2.46. The molecule has 0 bridgehead atoms. The van der Waals surface area contributed by atoms with Gasteiger partial charge in [0.25, 0.3) is 0 Å². The predicted octanol–water partition coefficient (Wildman–Crippen LogP) is 2.43. The number of fused-ring (bicyclic) bond motifs is 3. The Morgan fingerprint density at radius 3 is 2.76 bits per heavy atom. The normalized spacial score (nSPS) is 19.6. The van der Waals surface area contributed by atoms with Crippen LogP contribution in [0.1, 0.15) is 17.7 Å². The summed E-state index contributed by atoms with van der Waals surface area (Å²) >= 11 is 0. The highest BCUT2D eigenvalue weighted by Crippen LogP contribution is 2.32. The molecule has 5 heteroatoms. The second-order valence-corrected chi connectivity index (χ2v) is 4.39. The van der Waals surface area contributed by atoms with E-state index in [9.17, 15) is 18.3 Å². The molecule has 2 N–H and O–H groups in total. The maximum Gasteiger partial charge on any atom is 0.195 e. The van der Waals surface area contributed by atoms with Crippen LogP contribution < -0.4 is 0 Å². The van der Waals surface area contributed by atoms with E-state index in [0.717, 1.165) is 11.8 Å². The van der Waals surface area contributed by atoms with E-state index in [1.54, 1.807) is 0 Å². The van der Waals surface area contributed by atoms with Crippen molar-refractivity contribution < 1.29 is 18.3 Å². The van der Waals surface area contributed by atoms with Crippen LogP contribution in [0.2, 0.25) is 0 Å². The number of aromatic nitrogens is 1. The molecule has 0 radical (unpaired) electrons. The third-order valence-corrected chi connectivity index (χ3v) is 3.28. The summed E-state index contributed by atoms with van der Waals surface area (Å²) in [6.45, 7) is 0. The Balaban J connectivity index is 2.34. The number of aliphatic hydroxyl groups is 1. The van der Waals surface area contributed by atoms with Crippen LogP contribution in [0.3, 0.4) is 0 Å². The first-order chi connectivity index (χ1) is 8.08. The van der Waals surface area contributed by atoms with E-state index < -0.39 is 23.6 Å². The first-order valence-corrected chi connectivity index (χ1v) is 5.43. The van der Waals surface area contributed by atoms with E-state index in [-0.39, 0.29) is 17.3 Å². The quantitative estimate of drug-likeness (QED) is 0.683. The van der Waals surface area contributed by atoms with Crippen molar-refractivity contribution in [3.8, 4) is 0 Å². The fraction of sp³-hybridized carbons (Fsp3) is 0.333. The molecule has 2 nitrogen and oxygen atoms in total. The highest BCUT2D eigenvalue weighted by Gasteiger charge is 2.25. The molecule has 17 heavy (non-hydrogen) atoms. The largest absolute Gasteiger partial charge is 0.393 e. The SMILES string of the molecule is OC1CCc2[nH]c3cc(F)c(F)c(F)c3c2C1. The maximum absolute atomic E-state index is 13.7. The summed E-state index contributed by atoms with van der Waals surface area (Å²) in [5.41, 5.74) is 1.57. The molecule has 0 aliphatic heterocycles. The molecule has 0 fully saturated rings. The molecule has 0 saturated carbocycles. The van der Waals surface area contributed by atoms with Crippen LogP contribution in [0.4, 0.5) is 13.2 Å². The van der Waals surface area contributed by atoms with Gasteiger partial charge in [-0.05, 0) is 18.4 Å². The van der Waals surface area contributed by atoms with Crippen molar-refractivity contribution in [2.75, 3.05) is 0 Å². The number of H-pyrrole nitrogens is 1. The van der Waals surface area contributed by atoms with Crippen LogP contribution in [0.15, 0.2) is 6.07 Å². The molecular weight excluding hydrogens is 231 g/mol. The minimum absolute atomic E-state index is 0.0673. The van der Waals surface area contributed by atoms with E-state index in [1.165, 1.54) is 0 Å². The molecule has 1 aromatic carbocycles. The molecule has 90 valence electrons. The van der Waals surface area contributed by atoms with E-state index in [0.29, 0.717) is 18.4 Å². The zero-order valence-electron chi connectivity index (χ0n) is 8.86. The molecule has 1 atom stereocenters. The minimum Gasteiger partial charge on any atom is -0.393 e. The smallest absolute Gasteiger partial charge is 0.195 e. The number of aryl methyl sites for hydroxylation is 1. The van der Waals surface area contributed by atoms with Gasteiger partial charge in [0.2, 0.25) is 0 Å². The number of nitrogens with one attached hydrogen (secondary N) is 1. The van der Waals surface area contributed by atoms with Crippen LogP contribution in [0.25, 0.3) is 10.9 Å².